The molecule has 5 heteroatoms. The first-order chi connectivity index (χ1) is 21.2. The second kappa shape index (κ2) is 8.60. The predicted octanol–water partition coefficient (Wildman–Crippen LogP) is 9.99. The average molecular weight is 550 g/mol. The lowest BCUT2D eigenvalue weighted by Crippen LogP contribution is -2.01. The summed E-state index contributed by atoms with van der Waals surface area (Å²) in [5.41, 5.74) is 8.62. The Labute approximate surface area is 244 Å². The monoisotopic (exact) mass is 549 g/mol. The summed E-state index contributed by atoms with van der Waals surface area (Å²) in [6.07, 6.45) is 0. The van der Waals surface area contributed by atoms with Crippen LogP contribution in [0.15, 0.2) is 124 Å². The number of rotatable bonds is 2. The van der Waals surface area contributed by atoms with E-state index in [1.807, 2.05) is 47.0 Å². The molecule has 0 amide bonds. The highest BCUT2D eigenvalue weighted by Crippen LogP contribution is 2.43. The van der Waals surface area contributed by atoms with Crippen LogP contribution >= 0.6 is 0 Å². The molecule has 0 unspecified atom stereocenters. The topological polar surface area (TPSA) is 78.8 Å². The van der Waals surface area contributed by atoms with Gasteiger partial charge in [-0.05, 0) is 71.8 Å². The number of nitrogens with zero attached hydrogens (tertiary/aromatic N) is 3. The summed E-state index contributed by atoms with van der Waals surface area (Å²) in [5.74, 6) is 0. The highest BCUT2D eigenvalue weighted by atomic mass is 16.3. The van der Waals surface area contributed by atoms with E-state index >= 15 is 0 Å². The van der Waals surface area contributed by atoms with E-state index in [2.05, 4.69) is 66.7 Å². The standard InChI is InChI=1S/C38H19N3O2/c39-20-24-6-5-7-25(21-40)37(24)41-31-15-12-22(23-13-17-35-29(18-23)27-9-2-3-10-33(27)42-35)19-30(31)36-32(41)16-14-28-26-8-1-4-11-34(26)43-38(28)36/h1-19H. The van der Waals surface area contributed by atoms with Crippen molar-refractivity contribution in [3.8, 4) is 29.0 Å². The van der Waals surface area contributed by atoms with Crippen LogP contribution in [0.3, 0.4) is 0 Å². The summed E-state index contributed by atoms with van der Waals surface area (Å²) in [7, 11) is 0. The summed E-state index contributed by atoms with van der Waals surface area (Å²) in [5, 5.41) is 26.3. The zero-order valence-electron chi connectivity index (χ0n) is 22.6. The number of benzene rings is 6. The van der Waals surface area contributed by atoms with Crippen LogP contribution in [0.2, 0.25) is 0 Å². The van der Waals surface area contributed by atoms with E-state index < -0.39 is 0 Å². The molecular formula is C38H19N3O2. The molecule has 0 aliphatic rings. The van der Waals surface area contributed by atoms with Gasteiger partial charge in [0.15, 0.2) is 0 Å². The predicted molar refractivity (Wildman–Crippen MR) is 170 cm³/mol. The quantitative estimate of drug-likeness (QED) is 0.215. The molecular weight excluding hydrogens is 530 g/mol. The van der Waals surface area contributed by atoms with Crippen LogP contribution in [0.5, 0.6) is 0 Å². The van der Waals surface area contributed by atoms with E-state index in [1.165, 1.54) is 0 Å². The fraction of sp³-hybridized carbons (Fsp3) is 0. The van der Waals surface area contributed by atoms with Gasteiger partial charge in [-0.3, -0.25) is 0 Å². The van der Waals surface area contributed by atoms with E-state index in [4.69, 9.17) is 8.83 Å². The third-order valence-corrected chi connectivity index (χ3v) is 8.48. The van der Waals surface area contributed by atoms with Crippen molar-refractivity contribution >= 4 is 65.7 Å². The van der Waals surface area contributed by atoms with Gasteiger partial charge in [0.25, 0.3) is 0 Å². The molecule has 0 fully saturated rings. The van der Waals surface area contributed by atoms with Crippen molar-refractivity contribution in [2.75, 3.05) is 0 Å². The largest absolute Gasteiger partial charge is 0.456 e. The molecule has 3 heterocycles. The van der Waals surface area contributed by atoms with Crippen LogP contribution in [0, 0.1) is 22.7 Å². The van der Waals surface area contributed by atoms with E-state index in [9.17, 15) is 10.5 Å². The minimum atomic E-state index is 0.434. The summed E-state index contributed by atoms with van der Waals surface area (Å²) in [6, 6.07) is 42.8. The molecule has 3 aromatic heterocycles. The highest BCUT2D eigenvalue weighted by Gasteiger charge is 2.22. The molecule has 0 aliphatic heterocycles. The Morgan fingerprint density at radius 3 is 1.84 bits per heavy atom. The van der Waals surface area contributed by atoms with E-state index in [-0.39, 0.29) is 0 Å². The first-order valence-electron chi connectivity index (χ1n) is 14.0. The van der Waals surface area contributed by atoms with Gasteiger partial charge in [0.1, 0.15) is 34.5 Å². The zero-order chi connectivity index (χ0) is 28.7. The van der Waals surface area contributed by atoms with Crippen LogP contribution in [0.1, 0.15) is 11.1 Å². The molecule has 0 saturated carbocycles. The van der Waals surface area contributed by atoms with Crippen LogP contribution in [0.4, 0.5) is 0 Å². The minimum absolute atomic E-state index is 0.434. The Morgan fingerprint density at radius 1 is 0.488 bits per heavy atom. The Bertz CT molecular complexity index is 2680. The fourth-order valence-corrected chi connectivity index (χ4v) is 6.58. The molecule has 0 saturated heterocycles. The van der Waals surface area contributed by atoms with Crippen LogP contribution in [0.25, 0.3) is 82.5 Å². The van der Waals surface area contributed by atoms with Crippen molar-refractivity contribution in [2.45, 2.75) is 0 Å². The first-order valence-corrected chi connectivity index (χ1v) is 14.0. The van der Waals surface area contributed by atoms with Gasteiger partial charge in [-0.1, -0.05) is 54.6 Å². The molecule has 198 valence electrons. The number of hydrogen-bond donors (Lipinski definition) is 0. The summed E-state index contributed by atoms with van der Waals surface area (Å²) < 4.78 is 14.6. The van der Waals surface area contributed by atoms with Crippen molar-refractivity contribution in [1.82, 2.24) is 4.57 Å². The molecule has 9 aromatic rings. The fourth-order valence-electron chi connectivity index (χ4n) is 6.58. The number of fused-ring (bicyclic) bond motifs is 10. The molecule has 0 N–H and O–H groups in total. The van der Waals surface area contributed by atoms with Crippen LogP contribution in [-0.2, 0) is 0 Å². The SMILES string of the molecule is N#Cc1cccc(C#N)c1-n1c2ccc(-c3ccc4oc5ccccc5c4c3)cc2c2c3oc4ccccc4c3ccc21. The maximum Gasteiger partial charge on any atom is 0.145 e. The van der Waals surface area contributed by atoms with Gasteiger partial charge in [-0.15, -0.1) is 0 Å². The molecule has 0 aliphatic carbocycles. The lowest BCUT2D eigenvalue weighted by atomic mass is 10.00. The Balaban J connectivity index is 1.41. The van der Waals surface area contributed by atoms with Crippen molar-refractivity contribution in [2.24, 2.45) is 0 Å². The van der Waals surface area contributed by atoms with Crippen molar-refractivity contribution in [1.29, 1.82) is 10.5 Å². The van der Waals surface area contributed by atoms with E-state index in [0.29, 0.717) is 16.8 Å². The van der Waals surface area contributed by atoms with Crippen molar-refractivity contribution in [3.05, 3.63) is 126 Å². The number of hydrogen-bond acceptors (Lipinski definition) is 4. The molecule has 6 aromatic carbocycles. The Kier molecular flexibility index (Phi) is 4.68. The molecule has 43 heavy (non-hydrogen) atoms. The zero-order valence-corrected chi connectivity index (χ0v) is 22.6. The number of para-hydroxylation sites is 3. The van der Waals surface area contributed by atoms with E-state index in [1.54, 1.807) is 18.2 Å². The van der Waals surface area contributed by atoms with Gasteiger partial charge < -0.3 is 13.4 Å². The van der Waals surface area contributed by atoms with Crippen LogP contribution in [-0.4, -0.2) is 4.57 Å². The summed E-state index contributed by atoms with van der Waals surface area (Å²) in [4.78, 5) is 0. The molecule has 0 spiro atoms. The van der Waals surface area contributed by atoms with E-state index in [0.717, 1.165) is 76.8 Å². The van der Waals surface area contributed by atoms with Gasteiger partial charge in [0.05, 0.1) is 33.2 Å². The Morgan fingerprint density at radius 2 is 1.09 bits per heavy atom. The average Bonchev–Trinajstić information content (AvgIpc) is 3.73. The molecule has 0 atom stereocenters. The van der Waals surface area contributed by atoms with Crippen molar-refractivity contribution < 1.29 is 8.83 Å². The van der Waals surface area contributed by atoms with Gasteiger partial charge in [-0.2, -0.15) is 10.5 Å². The lowest BCUT2D eigenvalue weighted by Gasteiger charge is -2.12. The summed E-state index contributed by atoms with van der Waals surface area (Å²) in [6.45, 7) is 0. The first kappa shape index (κ1) is 23.4. The number of aromatic nitrogens is 1. The van der Waals surface area contributed by atoms with Gasteiger partial charge >= 0.3 is 0 Å². The maximum atomic E-state index is 10.1. The number of furan rings is 2. The van der Waals surface area contributed by atoms with Crippen molar-refractivity contribution in [3.63, 3.8) is 0 Å². The van der Waals surface area contributed by atoms with Crippen LogP contribution < -0.4 is 0 Å². The maximum absolute atomic E-state index is 10.1. The lowest BCUT2D eigenvalue weighted by molar-refractivity contribution is 0.669. The smallest absolute Gasteiger partial charge is 0.145 e. The highest BCUT2D eigenvalue weighted by molar-refractivity contribution is 6.24. The summed E-state index contributed by atoms with van der Waals surface area (Å²) >= 11 is 0. The second-order valence-electron chi connectivity index (χ2n) is 10.7. The third-order valence-electron chi connectivity index (χ3n) is 8.48. The molecule has 0 bridgehead atoms. The Hall–Kier alpha value is -6.30. The minimum Gasteiger partial charge on any atom is -0.456 e. The third kappa shape index (κ3) is 3.19. The normalized spacial score (nSPS) is 11.7. The van der Waals surface area contributed by atoms with Gasteiger partial charge in [0.2, 0.25) is 0 Å². The van der Waals surface area contributed by atoms with Gasteiger partial charge in [0, 0.05) is 26.9 Å². The molecule has 5 nitrogen and oxygen atoms in total. The van der Waals surface area contributed by atoms with Gasteiger partial charge in [-0.25, -0.2) is 0 Å². The molecule has 0 radical (unpaired) electrons. The molecule has 9 rings (SSSR count). The second-order valence-corrected chi connectivity index (χ2v) is 10.7. The number of nitriles is 2.